The molecule has 4 aromatic rings. The van der Waals surface area contributed by atoms with Crippen LogP contribution < -0.4 is 10.7 Å². The Morgan fingerprint density at radius 2 is 1.81 bits per heavy atom. The monoisotopic (exact) mass is 342 g/mol. The summed E-state index contributed by atoms with van der Waals surface area (Å²) in [6, 6.07) is 22.1. The van der Waals surface area contributed by atoms with Crippen molar-refractivity contribution in [1.29, 1.82) is 0 Å². The number of aromatic amines is 1. The average molecular weight is 342 g/mol. The standard InChI is InChI=1S/C21H18N4O/c26-21(14-22-18-10-9-15-5-1-2-6-16(15)11-18)25-24-13-17-12-23-20-8-4-3-7-19(17)20/h1-13,22-23H,14H2,(H,25,26)/b24-13+. The third-order valence-electron chi connectivity index (χ3n) is 4.22. The van der Waals surface area contributed by atoms with Crippen LogP contribution in [-0.4, -0.2) is 23.7 Å². The molecular formula is C21H18N4O. The molecule has 0 radical (unpaired) electrons. The molecule has 5 heteroatoms. The minimum atomic E-state index is -0.200. The van der Waals surface area contributed by atoms with Crippen molar-refractivity contribution in [1.82, 2.24) is 10.4 Å². The number of nitrogens with zero attached hydrogens (tertiary/aromatic N) is 1. The molecule has 0 unspecified atom stereocenters. The molecule has 0 atom stereocenters. The van der Waals surface area contributed by atoms with Gasteiger partial charge >= 0.3 is 0 Å². The fourth-order valence-corrected chi connectivity index (χ4v) is 2.90. The summed E-state index contributed by atoms with van der Waals surface area (Å²) in [6.07, 6.45) is 3.51. The van der Waals surface area contributed by atoms with E-state index in [1.54, 1.807) is 6.21 Å². The quantitative estimate of drug-likeness (QED) is 0.380. The van der Waals surface area contributed by atoms with E-state index in [1.807, 2.05) is 66.9 Å². The number of H-pyrrole nitrogens is 1. The van der Waals surface area contributed by atoms with Gasteiger partial charge in [0.1, 0.15) is 0 Å². The summed E-state index contributed by atoms with van der Waals surface area (Å²) in [7, 11) is 0. The lowest BCUT2D eigenvalue weighted by molar-refractivity contribution is -0.119. The van der Waals surface area contributed by atoms with Crippen LogP contribution in [0, 0.1) is 0 Å². The number of nitrogens with one attached hydrogen (secondary N) is 3. The van der Waals surface area contributed by atoms with Gasteiger partial charge < -0.3 is 10.3 Å². The number of para-hydroxylation sites is 1. The molecule has 4 rings (SSSR count). The van der Waals surface area contributed by atoms with Crippen LogP contribution in [-0.2, 0) is 4.79 Å². The lowest BCUT2D eigenvalue weighted by Gasteiger charge is -2.06. The Morgan fingerprint density at radius 1 is 1.00 bits per heavy atom. The molecule has 0 saturated carbocycles. The maximum atomic E-state index is 12.0. The van der Waals surface area contributed by atoms with E-state index >= 15 is 0 Å². The molecule has 3 N–H and O–H groups in total. The zero-order chi connectivity index (χ0) is 17.8. The third kappa shape index (κ3) is 3.42. The van der Waals surface area contributed by atoms with E-state index in [4.69, 9.17) is 0 Å². The molecule has 0 spiro atoms. The topological polar surface area (TPSA) is 69.3 Å². The number of aromatic nitrogens is 1. The molecule has 26 heavy (non-hydrogen) atoms. The Bertz CT molecular complexity index is 1100. The summed E-state index contributed by atoms with van der Waals surface area (Å²) in [4.78, 5) is 15.1. The fraction of sp³-hybridized carbons (Fsp3) is 0.0476. The normalized spacial score (nSPS) is 11.2. The van der Waals surface area contributed by atoms with Gasteiger partial charge in [-0.1, -0.05) is 48.5 Å². The molecule has 1 heterocycles. The van der Waals surface area contributed by atoms with Crippen LogP contribution in [0.1, 0.15) is 5.56 Å². The number of carbonyl (C=O) groups excluding carboxylic acids is 1. The zero-order valence-corrected chi connectivity index (χ0v) is 14.1. The van der Waals surface area contributed by atoms with Crippen molar-refractivity contribution < 1.29 is 4.79 Å². The molecule has 0 aliphatic heterocycles. The Morgan fingerprint density at radius 3 is 2.73 bits per heavy atom. The summed E-state index contributed by atoms with van der Waals surface area (Å²) in [6.45, 7) is 0.156. The van der Waals surface area contributed by atoms with Crippen molar-refractivity contribution in [3.05, 3.63) is 78.5 Å². The van der Waals surface area contributed by atoms with E-state index in [0.717, 1.165) is 27.5 Å². The van der Waals surface area contributed by atoms with E-state index in [2.05, 4.69) is 26.9 Å². The first-order chi connectivity index (χ1) is 12.8. The van der Waals surface area contributed by atoms with Gasteiger partial charge in [-0.15, -0.1) is 0 Å². The van der Waals surface area contributed by atoms with Gasteiger partial charge in [0.25, 0.3) is 5.91 Å². The molecule has 0 aliphatic carbocycles. The largest absolute Gasteiger partial charge is 0.376 e. The molecule has 128 valence electrons. The number of hydrogen-bond acceptors (Lipinski definition) is 3. The van der Waals surface area contributed by atoms with Crippen LogP contribution in [0.15, 0.2) is 78.0 Å². The second-order valence-electron chi connectivity index (χ2n) is 6.00. The number of hydrogen-bond donors (Lipinski definition) is 3. The van der Waals surface area contributed by atoms with Crippen LogP contribution in [0.3, 0.4) is 0 Å². The summed E-state index contributed by atoms with van der Waals surface area (Å²) in [5, 5.41) is 10.5. The number of benzene rings is 3. The zero-order valence-electron chi connectivity index (χ0n) is 14.1. The summed E-state index contributed by atoms with van der Waals surface area (Å²) >= 11 is 0. The van der Waals surface area contributed by atoms with E-state index in [1.165, 1.54) is 5.39 Å². The number of anilines is 1. The number of hydrazone groups is 1. The number of amides is 1. The van der Waals surface area contributed by atoms with Gasteiger partial charge in [-0.05, 0) is 29.0 Å². The van der Waals surface area contributed by atoms with Gasteiger partial charge in [0.15, 0.2) is 0 Å². The molecule has 0 fully saturated rings. The SMILES string of the molecule is O=C(CNc1ccc2ccccc2c1)N/N=C/c1c[nH]c2ccccc12. The lowest BCUT2D eigenvalue weighted by Crippen LogP contribution is -2.25. The summed E-state index contributed by atoms with van der Waals surface area (Å²) < 4.78 is 0. The Balaban J connectivity index is 1.34. The predicted molar refractivity (Wildman–Crippen MR) is 106 cm³/mol. The van der Waals surface area contributed by atoms with Crippen LogP contribution in [0.25, 0.3) is 21.7 Å². The van der Waals surface area contributed by atoms with Gasteiger partial charge in [-0.2, -0.15) is 5.10 Å². The highest BCUT2D eigenvalue weighted by molar-refractivity contribution is 5.99. The smallest absolute Gasteiger partial charge is 0.259 e. The molecule has 0 bridgehead atoms. The minimum absolute atomic E-state index is 0.156. The minimum Gasteiger partial charge on any atom is -0.376 e. The molecule has 0 saturated heterocycles. The highest BCUT2D eigenvalue weighted by Crippen LogP contribution is 2.18. The van der Waals surface area contributed by atoms with E-state index in [-0.39, 0.29) is 12.5 Å². The average Bonchev–Trinajstić information content (AvgIpc) is 3.09. The lowest BCUT2D eigenvalue weighted by atomic mass is 10.1. The van der Waals surface area contributed by atoms with Crippen LogP contribution in [0.2, 0.25) is 0 Å². The highest BCUT2D eigenvalue weighted by Gasteiger charge is 2.02. The first-order valence-electron chi connectivity index (χ1n) is 8.40. The van der Waals surface area contributed by atoms with Crippen LogP contribution >= 0.6 is 0 Å². The summed E-state index contributed by atoms with van der Waals surface area (Å²) in [5.74, 6) is -0.200. The van der Waals surface area contributed by atoms with E-state index in [0.29, 0.717) is 0 Å². The maximum absolute atomic E-state index is 12.0. The molecule has 0 aliphatic rings. The van der Waals surface area contributed by atoms with Crippen molar-refractivity contribution in [2.75, 3.05) is 11.9 Å². The number of rotatable bonds is 5. The molecule has 1 aromatic heterocycles. The highest BCUT2D eigenvalue weighted by atomic mass is 16.2. The van der Waals surface area contributed by atoms with Gasteiger partial charge in [-0.3, -0.25) is 4.79 Å². The van der Waals surface area contributed by atoms with Crippen molar-refractivity contribution in [2.45, 2.75) is 0 Å². The van der Waals surface area contributed by atoms with Gasteiger partial charge in [-0.25, -0.2) is 5.43 Å². The Hall–Kier alpha value is -3.60. The maximum Gasteiger partial charge on any atom is 0.259 e. The molecule has 1 amide bonds. The first kappa shape index (κ1) is 15.9. The van der Waals surface area contributed by atoms with Crippen molar-refractivity contribution in [3.63, 3.8) is 0 Å². The Labute approximate surface area is 150 Å². The molecular weight excluding hydrogens is 324 g/mol. The van der Waals surface area contributed by atoms with E-state index < -0.39 is 0 Å². The second-order valence-corrected chi connectivity index (χ2v) is 6.00. The van der Waals surface area contributed by atoms with Crippen molar-refractivity contribution in [3.8, 4) is 0 Å². The fourth-order valence-electron chi connectivity index (χ4n) is 2.90. The predicted octanol–water partition coefficient (Wildman–Crippen LogP) is 3.88. The number of fused-ring (bicyclic) bond motifs is 2. The van der Waals surface area contributed by atoms with Gasteiger partial charge in [0.2, 0.25) is 0 Å². The number of carbonyl (C=O) groups is 1. The molecule has 3 aromatic carbocycles. The first-order valence-corrected chi connectivity index (χ1v) is 8.40. The van der Waals surface area contributed by atoms with E-state index in [9.17, 15) is 4.79 Å². The van der Waals surface area contributed by atoms with Gasteiger partial charge in [0, 0.05) is 28.4 Å². The second kappa shape index (κ2) is 7.11. The molecule has 5 nitrogen and oxygen atoms in total. The Kier molecular flexibility index (Phi) is 4.35. The van der Waals surface area contributed by atoms with Crippen LogP contribution in [0.4, 0.5) is 5.69 Å². The van der Waals surface area contributed by atoms with Gasteiger partial charge in [0.05, 0.1) is 12.8 Å². The van der Waals surface area contributed by atoms with Crippen molar-refractivity contribution in [2.24, 2.45) is 5.10 Å². The third-order valence-corrected chi connectivity index (χ3v) is 4.22. The van der Waals surface area contributed by atoms with Crippen molar-refractivity contribution >= 4 is 39.5 Å². The van der Waals surface area contributed by atoms with Crippen LogP contribution in [0.5, 0.6) is 0 Å². The summed E-state index contributed by atoms with van der Waals surface area (Å²) in [5.41, 5.74) is 5.42.